The zero-order valence-corrected chi connectivity index (χ0v) is 17.5. The number of esters is 1. The summed E-state index contributed by atoms with van der Waals surface area (Å²) in [4.78, 5) is 26.3. The molecule has 4 nitrogen and oxygen atoms in total. The minimum absolute atomic E-state index is 0.0910. The topological polar surface area (TPSA) is 55.4 Å². The van der Waals surface area contributed by atoms with E-state index in [0.29, 0.717) is 17.9 Å². The number of ketones is 1. The molecular formula is C23H25NO3S. The van der Waals surface area contributed by atoms with Crippen molar-refractivity contribution in [3.63, 3.8) is 0 Å². The van der Waals surface area contributed by atoms with E-state index in [1.807, 2.05) is 32.0 Å². The number of thiophene rings is 1. The van der Waals surface area contributed by atoms with Gasteiger partial charge in [-0.2, -0.15) is 0 Å². The molecule has 2 atom stereocenters. The number of allylic oxidation sites excluding steroid dienone is 2. The van der Waals surface area contributed by atoms with Crippen LogP contribution >= 0.6 is 11.3 Å². The van der Waals surface area contributed by atoms with Crippen molar-refractivity contribution in [1.29, 1.82) is 0 Å². The fourth-order valence-electron chi connectivity index (χ4n) is 4.48. The van der Waals surface area contributed by atoms with Gasteiger partial charge in [0.2, 0.25) is 0 Å². The van der Waals surface area contributed by atoms with E-state index >= 15 is 0 Å². The van der Waals surface area contributed by atoms with Crippen LogP contribution < -0.4 is 5.32 Å². The number of hydrogen-bond donors (Lipinski definition) is 1. The Hall–Kier alpha value is -2.40. The Morgan fingerprint density at radius 1 is 1.25 bits per heavy atom. The van der Waals surface area contributed by atoms with Gasteiger partial charge in [-0.25, -0.2) is 4.79 Å². The molecule has 0 saturated heterocycles. The molecule has 146 valence electrons. The van der Waals surface area contributed by atoms with E-state index in [1.54, 1.807) is 0 Å². The van der Waals surface area contributed by atoms with E-state index in [9.17, 15) is 9.59 Å². The van der Waals surface area contributed by atoms with Crippen LogP contribution in [0, 0.1) is 18.3 Å². The van der Waals surface area contributed by atoms with Crippen LogP contribution in [0.15, 0.2) is 42.1 Å². The Morgan fingerprint density at radius 2 is 1.96 bits per heavy atom. The first-order valence-electron chi connectivity index (χ1n) is 9.70. The number of benzene rings is 1. The zero-order chi connectivity index (χ0) is 20.1. The van der Waals surface area contributed by atoms with E-state index in [-0.39, 0.29) is 29.0 Å². The van der Waals surface area contributed by atoms with Gasteiger partial charge in [-0.05, 0) is 36.0 Å². The third-order valence-electron chi connectivity index (χ3n) is 5.57. The van der Waals surface area contributed by atoms with Crippen LogP contribution in [0.3, 0.4) is 0 Å². The van der Waals surface area contributed by atoms with Crippen molar-refractivity contribution in [1.82, 2.24) is 0 Å². The molecule has 0 radical (unpaired) electrons. The van der Waals surface area contributed by atoms with Crippen LogP contribution in [0.2, 0.25) is 0 Å². The SMILES string of the molecule is CCOC(=O)c1sc2c(c1C)[C@@H](c1ccccc1)[C@@H]1C(=O)CC(C)(C)C=C1N2. The summed E-state index contributed by atoms with van der Waals surface area (Å²) in [7, 11) is 0. The number of anilines is 1. The lowest BCUT2D eigenvalue weighted by Gasteiger charge is -2.40. The Bertz CT molecular complexity index is 971. The third kappa shape index (κ3) is 3.08. The Balaban J connectivity index is 1.93. The summed E-state index contributed by atoms with van der Waals surface area (Å²) >= 11 is 1.43. The van der Waals surface area contributed by atoms with E-state index in [0.717, 1.165) is 27.4 Å². The van der Waals surface area contributed by atoms with Gasteiger partial charge in [-0.3, -0.25) is 4.79 Å². The lowest BCUT2D eigenvalue weighted by Crippen LogP contribution is -2.38. The van der Waals surface area contributed by atoms with Gasteiger partial charge in [0.1, 0.15) is 10.7 Å². The van der Waals surface area contributed by atoms with Crippen molar-refractivity contribution in [3.8, 4) is 0 Å². The van der Waals surface area contributed by atoms with Gasteiger partial charge in [0.25, 0.3) is 0 Å². The summed E-state index contributed by atoms with van der Waals surface area (Å²) < 4.78 is 5.26. The average molecular weight is 396 g/mol. The second-order valence-electron chi connectivity index (χ2n) is 8.24. The molecule has 0 spiro atoms. The lowest BCUT2D eigenvalue weighted by atomic mass is 9.67. The van der Waals surface area contributed by atoms with E-state index < -0.39 is 0 Å². The summed E-state index contributed by atoms with van der Waals surface area (Å²) in [5.41, 5.74) is 3.85. The number of ether oxygens (including phenoxy) is 1. The van der Waals surface area contributed by atoms with Crippen LogP contribution in [0.25, 0.3) is 0 Å². The highest BCUT2D eigenvalue weighted by Gasteiger charge is 2.45. The monoisotopic (exact) mass is 395 g/mol. The molecule has 28 heavy (non-hydrogen) atoms. The Morgan fingerprint density at radius 3 is 2.64 bits per heavy atom. The first kappa shape index (κ1) is 18.9. The zero-order valence-electron chi connectivity index (χ0n) is 16.7. The van der Waals surface area contributed by atoms with Crippen molar-refractivity contribution < 1.29 is 14.3 Å². The van der Waals surface area contributed by atoms with Crippen LogP contribution in [-0.2, 0) is 9.53 Å². The second kappa shape index (κ2) is 6.89. The van der Waals surface area contributed by atoms with Crippen LogP contribution in [0.4, 0.5) is 5.00 Å². The van der Waals surface area contributed by atoms with Crippen molar-refractivity contribution in [2.24, 2.45) is 11.3 Å². The number of hydrogen-bond acceptors (Lipinski definition) is 5. The fraction of sp³-hybridized carbons (Fsp3) is 0.391. The van der Waals surface area contributed by atoms with Gasteiger partial charge in [0, 0.05) is 18.0 Å². The maximum atomic E-state index is 13.2. The smallest absolute Gasteiger partial charge is 0.348 e. The average Bonchev–Trinajstić information content (AvgIpc) is 2.96. The van der Waals surface area contributed by atoms with E-state index in [1.165, 1.54) is 11.3 Å². The summed E-state index contributed by atoms with van der Waals surface area (Å²) in [6, 6.07) is 10.1. The number of fused-ring (bicyclic) bond motifs is 2. The van der Waals surface area contributed by atoms with Gasteiger partial charge in [-0.1, -0.05) is 50.3 Å². The van der Waals surface area contributed by atoms with Crippen molar-refractivity contribution in [3.05, 3.63) is 63.7 Å². The quantitative estimate of drug-likeness (QED) is 0.718. The molecule has 0 unspecified atom stereocenters. The van der Waals surface area contributed by atoms with Gasteiger partial charge in [0.15, 0.2) is 0 Å². The van der Waals surface area contributed by atoms with Gasteiger partial charge >= 0.3 is 5.97 Å². The minimum atomic E-state index is -0.295. The molecule has 1 aromatic heterocycles. The molecule has 4 rings (SSSR count). The van der Waals surface area contributed by atoms with Crippen molar-refractivity contribution in [2.45, 2.75) is 40.0 Å². The molecule has 0 fully saturated rings. The minimum Gasteiger partial charge on any atom is -0.462 e. The number of nitrogens with one attached hydrogen (secondary N) is 1. The summed E-state index contributed by atoms with van der Waals surface area (Å²) in [5.74, 6) is -0.382. The van der Waals surface area contributed by atoms with Crippen molar-refractivity contribution >= 4 is 28.1 Å². The molecule has 1 aliphatic carbocycles. The highest BCUT2D eigenvalue weighted by Crippen LogP contribution is 2.53. The number of carbonyl (C=O) groups is 2. The second-order valence-corrected chi connectivity index (χ2v) is 9.26. The van der Waals surface area contributed by atoms with E-state index in [2.05, 4.69) is 37.4 Å². The predicted octanol–water partition coefficient (Wildman–Crippen LogP) is 5.29. The summed E-state index contributed by atoms with van der Waals surface area (Å²) in [5, 5.41) is 4.44. The number of Topliss-reactive ketones (excluding diaryl/α,β-unsaturated/α-hetero) is 1. The molecule has 5 heteroatoms. The molecule has 2 heterocycles. The first-order chi connectivity index (χ1) is 13.3. The molecule has 2 aliphatic rings. The van der Waals surface area contributed by atoms with Crippen LogP contribution in [0.5, 0.6) is 0 Å². The van der Waals surface area contributed by atoms with E-state index in [4.69, 9.17) is 4.74 Å². The number of rotatable bonds is 3. The standard InChI is InChI=1S/C23H25NO3S/c1-5-27-22(26)20-13(2)17-18(14-9-7-6-8-10-14)19-15(24-21(17)28-20)11-23(3,4)12-16(19)25/h6-11,18-19,24H,5,12H2,1-4H3/t18-,19+/m1/s1. The van der Waals surface area contributed by atoms with Gasteiger partial charge in [-0.15, -0.1) is 11.3 Å². The third-order valence-corrected chi connectivity index (χ3v) is 6.78. The van der Waals surface area contributed by atoms with Crippen LogP contribution in [0.1, 0.15) is 59.5 Å². The van der Waals surface area contributed by atoms with Crippen LogP contribution in [-0.4, -0.2) is 18.4 Å². The molecule has 1 N–H and O–H groups in total. The summed E-state index contributed by atoms with van der Waals surface area (Å²) in [6.07, 6.45) is 2.71. The number of carbonyl (C=O) groups excluding carboxylic acids is 2. The molecule has 2 aromatic rings. The molecule has 0 amide bonds. The molecular weight excluding hydrogens is 370 g/mol. The maximum Gasteiger partial charge on any atom is 0.348 e. The largest absolute Gasteiger partial charge is 0.462 e. The molecule has 1 aromatic carbocycles. The summed E-state index contributed by atoms with van der Waals surface area (Å²) in [6.45, 7) is 8.30. The van der Waals surface area contributed by atoms with Gasteiger partial charge in [0.05, 0.1) is 17.5 Å². The first-order valence-corrected chi connectivity index (χ1v) is 10.5. The lowest BCUT2D eigenvalue weighted by molar-refractivity contribution is -0.124. The molecule has 1 aliphatic heterocycles. The highest BCUT2D eigenvalue weighted by molar-refractivity contribution is 7.18. The van der Waals surface area contributed by atoms with Crippen molar-refractivity contribution in [2.75, 3.05) is 11.9 Å². The van der Waals surface area contributed by atoms with Gasteiger partial charge < -0.3 is 10.1 Å². The molecule has 0 saturated carbocycles. The predicted molar refractivity (Wildman–Crippen MR) is 112 cm³/mol. The maximum absolute atomic E-state index is 13.2. The molecule has 0 bridgehead atoms. The highest BCUT2D eigenvalue weighted by atomic mass is 32.1. The Kier molecular flexibility index (Phi) is 4.66. The fourth-order valence-corrected chi connectivity index (χ4v) is 5.64. The Labute approximate surface area is 169 Å². The normalized spacial score (nSPS) is 22.6.